The summed E-state index contributed by atoms with van der Waals surface area (Å²) in [6, 6.07) is 1.61. The van der Waals surface area contributed by atoms with Gasteiger partial charge in [-0.05, 0) is 6.92 Å². The van der Waals surface area contributed by atoms with E-state index in [-0.39, 0.29) is 5.92 Å². The zero-order valence-electron chi connectivity index (χ0n) is 10.8. The van der Waals surface area contributed by atoms with Gasteiger partial charge < -0.3 is 10.5 Å². The predicted octanol–water partition coefficient (Wildman–Crippen LogP) is 2.19. The second-order valence-corrected chi connectivity index (χ2v) is 4.28. The van der Waals surface area contributed by atoms with Crippen LogP contribution in [0.15, 0.2) is 18.5 Å². The van der Waals surface area contributed by atoms with Crippen molar-refractivity contribution in [2.75, 3.05) is 5.73 Å². The Morgan fingerprint density at radius 2 is 2.17 bits per heavy atom. The van der Waals surface area contributed by atoms with E-state index in [1.807, 2.05) is 27.0 Å². The Balaban J connectivity index is 2.23. The zero-order chi connectivity index (χ0) is 13.1. The van der Waals surface area contributed by atoms with E-state index in [0.29, 0.717) is 23.3 Å². The van der Waals surface area contributed by atoms with Crippen molar-refractivity contribution in [3.8, 4) is 11.6 Å². The van der Waals surface area contributed by atoms with Crippen molar-refractivity contribution in [3.63, 3.8) is 0 Å². The highest BCUT2D eigenvalue weighted by Gasteiger charge is 2.09. The molecule has 0 aliphatic carbocycles. The van der Waals surface area contributed by atoms with E-state index >= 15 is 0 Å². The molecule has 0 unspecified atom stereocenters. The number of hydrogen-bond acceptors (Lipinski definition) is 5. The molecule has 0 aromatic carbocycles. The molecule has 0 spiro atoms. The Bertz CT molecular complexity index is 535. The van der Waals surface area contributed by atoms with E-state index in [1.54, 1.807) is 16.9 Å². The van der Waals surface area contributed by atoms with Crippen LogP contribution in [-0.4, -0.2) is 19.7 Å². The summed E-state index contributed by atoms with van der Waals surface area (Å²) in [7, 11) is 0. The lowest BCUT2D eigenvalue weighted by Crippen LogP contribution is -2.02. The van der Waals surface area contributed by atoms with Crippen molar-refractivity contribution in [1.82, 2.24) is 19.7 Å². The molecule has 0 saturated carbocycles. The van der Waals surface area contributed by atoms with Gasteiger partial charge in [-0.1, -0.05) is 13.8 Å². The molecule has 0 radical (unpaired) electrons. The van der Waals surface area contributed by atoms with Gasteiger partial charge in [0.2, 0.25) is 5.88 Å². The van der Waals surface area contributed by atoms with Gasteiger partial charge in [-0.15, -0.1) is 0 Å². The maximum absolute atomic E-state index is 5.73. The summed E-state index contributed by atoms with van der Waals surface area (Å²) >= 11 is 0. The van der Waals surface area contributed by atoms with E-state index in [1.165, 1.54) is 0 Å². The molecule has 6 heteroatoms. The van der Waals surface area contributed by atoms with E-state index in [4.69, 9.17) is 10.5 Å². The molecule has 0 bridgehead atoms. The highest BCUT2D eigenvalue weighted by atomic mass is 16.5. The minimum absolute atomic E-state index is 0.203. The SMILES string of the molecule is CCn1cc(Oc2cc(N)nc(C(C)C)n2)cn1. The summed E-state index contributed by atoms with van der Waals surface area (Å²) in [6.07, 6.45) is 3.46. The lowest BCUT2D eigenvalue weighted by Gasteiger charge is -2.07. The molecule has 6 nitrogen and oxygen atoms in total. The van der Waals surface area contributed by atoms with Gasteiger partial charge in [0.15, 0.2) is 5.75 Å². The van der Waals surface area contributed by atoms with Gasteiger partial charge >= 0.3 is 0 Å². The first-order valence-corrected chi connectivity index (χ1v) is 5.93. The van der Waals surface area contributed by atoms with Gasteiger partial charge in [-0.25, -0.2) is 4.98 Å². The number of nitrogen functional groups attached to an aromatic ring is 1. The first-order valence-electron chi connectivity index (χ1n) is 5.93. The summed E-state index contributed by atoms with van der Waals surface area (Å²) < 4.78 is 7.40. The first-order chi connectivity index (χ1) is 8.58. The second kappa shape index (κ2) is 5.03. The van der Waals surface area contributed by atoms with Crippen LogP contribution < -0.4 is 10.5 Å². The molecule has 2 N–H and O–H groups in total. The number of anilines is 1. The molecule has 0 amide bonds. The van der Waals surface area contributed by atoms with Crippen molar-refractivity contribution in [1.29, 1.82) is 0 Å². The third-order valence-electron chi connectivity index (χ3n) is 2.41. The standard InChI is InChI=1S/C12H17N5O/c1-4-17-7-9(6-14-17)18-11-5-10(13)15-12(16-11)8(2)3/h5-8H,4H2,1-3H3,(H2,13,15,16). The molecule has 0 aliphatic rings. The van der Waals surface area contributed by atoms with Gasteiger partial charge in [0, 0.05) is 18.5 Å². The maximum atomic E-state index is 5.73. The van der Waals surface area contributed by atoms with Crippen molar-refractivity contribution in [3.05, 3.63) is 24.3 Å². The molecule has 0 aliphatic heterocycles. The maximum Gasteiger partial charge on any atom is 0.224 e. The van der Waals surface area contributed by atoms with Crippen LogP contribution >= 0.6 is 0 Å². The highest BCUT2D eigenvalue weighted by Crippen LogP contribution is 2.22. The van der Waals surface area contributed by atoms with E-state index in [0.717, 1.165) is 6.54 Å². The molecule has 0 atom stereocenters. The topological polar surface area (TPSA) is 78.9 Å². The summed E-state index contributed by atoms with van der Waals surface area (Å²) in [6.45, 7) is 6.82. The van der Waals surface area contributed by atoms with Crippen LogP contribution in [0.1, 0.15) is 32.5 Å². The number of rotatable bonds is 4. The quantitative estimate of drug-likeness (QED) is 0.895. The number of nitrogens with zero attached hydrogens (tertiary/aromatic N) is 4. The molecule has 0 fully saturated rings. The van der Waals surface area contributed by atoms with E-state index < -0.39 is 0 Å². The normalized spacial score (nSPS) is 10.9. The molecular weight excluding hydrogens is 230 g/mol. The Hall–Kier alpha value is -2.11. The first kappa shape index (κ1) is 12.3. The summed E-state index contributed by atoms with van der Waals surface area (Å²) in [5, 5.41) is 4.13. The molecule has 2 heterocycles. The van der Waals surface area contributed by atoms with Crippen LogP contribution in [0.2, 0.25) is 0 Å². The molecule has 2 rings (SSSR count). The molecule has 0 saturated heterocycles. The Morgan fingerprint density at radius 3 is 2.78 bits per heavy atom. The number of nitrogens with two attached hydrogens (primary N) is 1. The smallest absolute Gasteiger partial charge is 0.224 e. The minimum atomic E-state index is 0.203. The fourth-order valence-electron chi connectivity index (χ4n) is 1.46. The fraction of sp³-hybridized carbons (Fsp3) is 0.417. The third-order valence-corrected chi connectivity index (χ3v) is 2.41. The predicted molar refractivity (Wildman–Crippen MR) is 68.5 cm³/mol. The summed E-state index contributed by atoms with van der Waals surface area (Å²) in [4.78, 5) is 8.48. The highest BCUT2D eigenvalue weighted by molar-refractivity contribution is 5.35. The lowest BCUT2D eigenvalue weighted by molar-refractivity contribution is 0.456. The molecule has 18 heavy (non-hydrogen) atoms. The lowest BCUT2D eigenvalue weighted by atomic mass is 10.2. The number of aryl methyl sites for hydroxylation is 1. The summed E-state index contributed by atoms with van der Waals surface area (Å²) in [5.41, 5.74) is 5.73. The molecular formula is C12H17N5O. The van der Waals surface area contributed by atoms with Crippen LogP contribution in [0.25, 0.3) is 0 Å². The summed E-state index contributed by atoms with van der Waals surface area (Å²) in [5.74, 6) is 2.38. The second-order valence-electron chi connectivity index (χ2n) is 4.28. The van der Waals surface area contributed by atoms with Crippen LogP contribution in [-0.2, 0) is 6.54 Å². The zero-order valence-corrected chi connectivity index (χ0v) is 10.8. The van der Waals surface area contributed by atoms with Crippen molar-refractivity contribution in [2.45, 2.75) is 33.2 Å². The molecule has 96 valence electrons. The van der Waals surface area contributed by atoms with Crippen LogP contribution in [0.4, 0.5) is 5.82 Å². The van der Waals surface area contributed by atoms with Gasteiger partial charge in [0.05, 0.1) is 12.4 Å². The van der Waals surface area contributed by atoms with Crippen LogP contribution in [0, 0.1) is 0 Å². The Kier molecular flexibility index (Phi) is 3.45. The number of ether oxygens (including phenoxy) is 1. The van der Waals surface area contributed by atoms with Gasteiger partial charge in [0.1, 0.15) is 11.6 Å². The molecule has 2 aromatic rings. The monoisotopic (exact) mass is 247 g/mol. The Labute approximate surface area is 106 Å². The Morgan fingerprint density at radius 1 is 1.39 bits per heavy atom. The third kappa shape index (κ3) is 2.77. The van der Waals surface area contributed by atoms with E-state index in [2.05, 4.69) is 15.1 Å². The van der Waals surface area contributed by atoms with Crippen molar-refractivity contribution < 1.29 is 4.74 Å². The number of hydrogen-bond donors (Lipinski definition) is 1. The largest absolute Gasteiger partial charge is 0.436 e. The number of aromatic nitrogens is 4. The van der Waals surface area contributed by atoms with Crippen molar-refractivity contribution >= 4 is 5.82 Å². The van der Waals surface area contributed by atoms with Crippen LogP contribution in [0.5, 0.6) is 11.6 Å². The fourth-order valence-corrected chi connectivity index (χ4v) is 1.46. The molecule has 2 aromatic heterocycles. The van der Waals surface area contributed by atoms with Gasteiger partial charge in [-0.2, -0.15) is 10.1 Å². The van der Waals surface area contributed by atoms with E-state index in [9.17, 15) is 0 Å². The van der Waals surface area contributed by atoms with Gasteiger partial charge in [-0.3, -0.25) is 4.68 Å². The van der Waals surface area contributed by atoms with Gasteiger partial charge in [0.25, 0.3) is 0 Å². The average molecular weight is 247 g/mol. The minimum Gasteiger partial charge on any atom is -0.436 e. The van der Waals surface area contributed by atoms with Crippen molar-refractivity contribution in [2.24, 2.45) is 0 Å². The van der Waals surface area contributed by atoms with Crippen LogP contribution in [0.3, 0.4) is 0 Å². The average Bonchev–Trinajstić information content (AvgIpc) is 2.76.